The maximum atomic E-state index is 12.0. The fourth-order valence-electron chi connectivity index (χ4n) is 1.66. The highest BCUT2D eigenvalue weighted by Crippen LogP contribution is 2.23. The van der Waals surface area contributed by atoms with Crippen LogP contribution in [0.1, 0.15) is 32.5 Å². The molecule has 2 aromatic heterocycles. The van der Waals surface area contributed by atoms with E-state index in [-0.39, 0.29) is 5.56 Å². The lowest BCUT2D eigenvalue weighted by atomic mass is 10.3. The zero-order valence-corrected chi connectivity index (χ0v) is 13.5. The third-order valence-electron chi connectivity index (χ3n) is 2.87. The average Bonchev–Trinajstić information content (AvgIpc) is 3.07. The topological polar surface area (TPSA) is 98.5 Å². The molecule has 1 atom stereocenters. The average molecular weight is 338 g/mol. The number of esters is 1. The number of carbonyl (C=O) groups excluding carboxylic acids is 3. The summed E-state index contributed by atoms with van der Waals surface area (Å²) in [6, 6.07) is 3.32. The molecular weight excluding hydrogens is 324 g/mol. The number of hydrogen-bond donors (Lipinski definition) is 2. The minimum absolute atomic E-state index is 0.228. The zero-order chi connectivity index (χ0) is 16.3. The van der Waals surface area contributed by atoms with Crippen molar-refractivity contribution in [3.05, 3.63) is 38.9 Å². The second kappa shape index (κ2) is 6.71. The van der Waals surface area contributed by atoms with E-state index < -0.39 is 23.9 Å². The number of nitrogens with one attached hydrogen (secondary N) is 1. The number of rotatable bonds is 5. The van der Waals surface area contributed by atoms with Gasteiger partial charge in [0.15, 0.2) is 6.10 Å². The van der Waals surface area contributed by atoms with Crippen molar-refractivity contribution < 1.29 is 19.1 Å². The molecule has 6 nitrogen and oxygen atoms in total. The van der Waals surface area contributed by atoms with Crippen LogP contribution in [0.15, 0.2) is 22.9 Å². The van der Waals surface area contributed by atoms with Crippen molar-refractivity contribution in [2.75, 3.05) is 5.32 Å². The lowest BCUT2D eigenvalue weighted by Crippen LogP contribution is -2.30. The summed E-state index contributed by atoms with van der Waals surface area (Å²) in [5.74, 6) is -1.70. The predicted octanol–water partition coefficient (Wildman–Crippen LogP) is 2.40. The van der Waals surface area contributed by atoms with Crippen LogP contribution in [0.3, 0.4) is 0 Å². The van der Waals surface area contributed by atoms with Crippen LogP contribution in [0.25, 0.3) is 0 Å². The molecule has 0 aromatic carbocycles. The summed E-state index contributed by atoms with van der Waals surface area (Å²) in [5.41, 5.74) is 6.24. The van der Waals surface area contributed by atoms with Gasteiger partial charge >= 0.3 is 5.97 Å². The Balaban J connectivity index is 2.01. The lowest BCUT2D eigenvalue weighted by molar-refractivity contribution is -0.123. The van der Waals surface area contributed by atoms with Crippen molar-refractivity contribution in [2.24, 2.45) is 5.73 Å². The number of anilines is 1. The van der Waals surface area contributed by atoms with E-state index in [9.17, 15) is 14.4 Å². The second-order valence-corrected chi connectivity index (χ2v) is 6.33. The quantitative estimate of drug-likeness (QED) is 0.818. The highest BCUT2D eigenvalue weighted by atomic mass is 32.1. The van der Waals surface area contributed by atoms with Crippen LogP contribution in [0, 0.1) is 6.92 Å². The van der Waals surface area contributed by atoms with Crippen LogP contribution in [-0.4, -0.2) is 23.9 Å². The summed E-state index contributed by atoms with van der Waals surface area (Å²) in [6.45, 7) is 3.26. The maximum Gasteiger partial charge on any atom is 0.349 e. The van der Waals surface area contributed by atoms with Gasteiger partial charge in [0.05, 0.1) is 5.56 Å². The molecular formula is C14H14N2O4S2. The molecule has 0 saturated heterocycles. The van der Waals surface area contributed by atoms with Gasteiger partial charge in [0, 0.05) is 0 Å². The number of carbonyl (C=O) groups is 3. The van der Waals surface area contributed by atoms with Gasteiger partial charge in [0.2, 0.25) is 0 Å². The van der Waals surface area contributed by atoms with Crippen molar-refractivity contribution in [3.8, 4) is 0 Å². The molecule has 2 amide bonds. The fraction of sp³-hybridized carbons (Fsp3) is 0.214. The maximum absolute atomic E-state index is 12.0. The zero-order valence-electron chi connectivity index (χ0n) is 11.9. The van der Waals surface area contributed by atoms with E-state index in [1.807, 2.05) is 0 Å². The van der Waals surface area contributed by atoms with Crippen LogP contribution >= 0.6 is 22.7 Å². The van der Waals surface area contributed by atoms with Crippen molar-refractivity contribution in [1.29, 1.82) is 0 Å². The third kappa shape index (κ3) is 3.52. The Hall–Kier alpha value is -2.19. The molecule has 2 aromatic rings. The van der Waals surface area contributed by atoms with Gasteiger partial charge in [-0.25, -0.2) is 4.79 Å². The Bertz CT molecular complexity index is 720. The van der Waals surface area contributed by atoms with E-state index in [4.69, 9.17) is 10.5 Å². The Kier molecular flexibility index (Phi) is 4.94. The first-order valence-corrected chi connectivity index (χ1v) is 8.09. The summed E-state index contributed by atoms with van der Waals surface area (Å²) in [6.07, 6.45) is -0.989. The normalized spacial score (nSPS) is 11.7. The highest BCUT2D eigenvalue weighted by Gasteiger charge is 2.22. The molecule has 0 aliphatic carbocycles. The number of nitrogens with two attached hydrogens (primary N) is 1. The lowest BCUT2D eigenvalue weighted by Gasteiger charge is -2.13. The van der Waals surface area contributed by atoms with E-state index in [0.29, 0.717) is 9.88 Å². The van der Waals surface area contributed by atoms with Gasteiger partial charge in [0.1, 0.15) is 9.88 Å². The van der Waals surface area contributed by atoms with Gasteiger partial charge in [-0.3, -0.25) is 9.59 Å². The summed E-state index contributed by atoms with van der Waals surface area (Å²) in [7, 11) is 0. The second-order valence-electron chi connectivity index (χ2n) is 4.50. The molecule has 0 fully saturated rings. The first-order chi connectivity index (χ1) is 10.4. The SMILES string of the molecule is Cc1ccsc1C(=O)OC(C)C(=O)Nc1sccc1C(N)=O. The van der Waals surface area contributed by atoms with Gasteiger partial charge in [-0.1, -0.05) is 0 Å². The van der Waals surface area contributed by atoms with Gasteiger partial charge < -0.3 is 15.8 Å². The van der Waals surface area contributed by atoms with Crippen molar-refractivity contribution in [1.82, 2.24) is 0 Å². The van der Waals surface area contributed by atoms with E-state index in [1.165, 1.54) is 35.7 Å². The standard InChI is InChI=1S/C14H14N2O4S2/c1-7-3-5-21-10(7)14(19)20-8(2)12(18)16-13-9(11(15)17)4-6-22-13/h3-6,8H,1-2H3,(H2,15,17)(H,16,18). The molecule has 116 valence electrons. The molecule has 1 unspecified atom stereocenters. The summed E-state index contributed by atoms with van der Waals surface area (Å²) in [5, 5.41) is 6.30. The Labute approximate surface area is 134 Å². The van der Waals surface area contributed by atoms with Crippen LogP contribution in [0.2, 0.25) is 0 Å². The third-order valence-corrected chi connectivity index (χ3v) is 4.69. The molecule has 0 aliphatic rings. The first kappa shape index (κ1) is 16.2. The molecule has 8 heteroatoms. The van der Waals surface area contributed by atoms with E-state index in [2.05, 4.69) is 5.32 Å². The number of hydrogen-bond acceptors (Lipinski definition) is 6. The first-order valence-electron chi connectivity index (χ1n) is 6.33. The minimum Gasteiger partial charge on any atom is -0.448 e. The monoisotopic (exact) mass is 338 g/mol. The van der Waals surface area contributed by atoms with E-state index in [1.54, 1.807) is 23.8 Å². The van der Waals surface area contributed by atoms with Crippen molar-refractivity contribution in [2.45, 2.75) is 20.0 Å². The number of aryl methyl sites for hydroxylation is 1. The van der Waals surface area contributed by atoms with Crippen molar-refractivity contribution >= 4 is 45.5 Å². The summed E-state index contributed by atoms with van der Waals surface area (Å²) >= 11 is 2.43. The van der Waals surface area contributed by atoms with E-state index in [0.717, 1.165) is 5.56 Å². The molecule has 0 aliphatic heterocycles. The molecule has 2 rings (SSSR count). The molecule has 0 saturated carbocycles. The Morgan fingerprint density at radius 2 is 1.91 bits per heavy atom. The minimum atomic E-state index is -0.989. The molecule has 3 N–H and O–H groups in total. The van der Waals surface area contributed by atoms with Crippen molar-refractivity contribution in [3.63, 3.8) is 0 Å². The van der Waals surface area contributed by atoms with Crippen LogP contribution in [-0.2, 0) is 9.53 Å². The molecule has 2 heterocycles. The molecule has 22 heavy (non-hydrogen) atoms. The highest BCUT2D eigenvalue weighted by molar-refractivity contribution is 7.14. The van der Waals surface area contributed by atoms with Gasteiger partial charge in [-0.15, -0.1) is 22.7 Å². The van der Waals surface area contributed by atoms with Crippen LogP contribution < -0.4 is 11.1 Å². The van der Waals surface area contributed by atoms with E-state index >= 15 is 0 Å². The largest absolute Gasteiger partial charge is 0.448 e. The predicted molar refractivity (Wildman–Crippen MR) is 85.4 cm³/mol. The fourth-order valence-corrected chi connectivity index (χ4v) is 3.26. The van der Waals surface area contributed by atoms with Gasteiger partial charge in [-0.2, -0.15) is 0 Å². The van der Waals surface area contributed by atoms with Gasteiger partial charge in [0.25, 0.3) is 11.8 Å². The molecule has 0 radical (unpaired) electrons. The van der Waals surface area contributed by atoms with Crippen LogP contribution in [0.5, 0.6) is 0 Å². The van der Waals surface area contributed by atoms with Gasteiger partial charge in [-0.05, 0) is 42.3 Å². The molecule has 0 bridgehead atoms. The number of primary amides is 1. The Morgan fingerprint density at radius 1 is 1.23 bits per heavy atom. The number of ether oxygens (including phenoxy) is 1. The molecule has 0 spiro atoms. The smallest absolute Gasteiger partial charge is 0.349 e. The number of thiophene rings is 2. The van der Waals surface area contributed by atoms with Crippen LogP contribution in [0.4, 0.5) is 5.00 Å². The number of amides is 2. The summed E-state index contributed by atoms with van der Waals surface area (Å²) in [4.78, 5) is 35.7. The Morgan fingerprint density at radius 3 is 2.50 bits per heavy atom. The summed E-state index contributed by atoms with van der Waals surface area (Å²) < 4.78 is 5.13.